The van der Waals surface area contributed by atoms with Gasteiger partial charge in [-0.15, -0.1) is 10.2 Å². The van der Waals surface area contributed by atoms with Crippen molar-refractivity contribution in [1.29, 1.82) is 0 Å². The monoisotopic (exact) mass is 292 g/mol. The first-order valence-electron chi connectivity index (χ1n) is 6.97. The van der Waals surface area contributed by atoms with Gasteiger partial charge in [-0.05, 0) is 13.0 Å². The Morgan fingerprint density at radius 1 is 1.33 bits per heavy atom. The molecule has 0 aliphatic carbocycles. The lowest BCUT2D eigenvalue weighted by atomic mass is 10.2. The summed E-state index contributed by atoms with van der Waals surface area (Å²) in [5.74, 6) is 1.37. The van der Waals surface area contributed by atoms with Crippen LogP contribution in [-0.4, -0.2) is 20.8 Å². The second-order valence-corrected chi connectivity index (χ2v) is 5.27. The Labute approximate surface area is 124 Å². The highest BCUT2D eigenvalue weighted by Crippen LogP contribution is 2.23. The summed E-state index contributed by atoms with van der Waals surface area (Å²) in [7, 11) is 1.86. The molecule has 0 atom stereocenters. The summed E-state index contributed by atoms with van der Waals surface area (Å²) in [5.41, 5.74) is 0.794. The predicted molar refractivity (Wildman–Crippen MR) is 78.4 cm³/mol. The van der Waals surface area contributed by atoms with Gasteiger partial charge in [0.05, 0.1) is 0 Å². The van der Waals surface area contributed by atoms with E-state index in [1.54, 1.807) is 6.07 Å². The molecule has 1 heterocycles. The van der Waals surface area contributed by atoms with Crippen molar-refractivity contribution in [3.63, 3.8) is 0 Å². The molecule has 0 saturated carbocycles. The number of nitrogens with zero attached hydrogens (tertiary/aromatic N) is 3. The molecule has 0 fully saturated rings. The van der Waals surface area contributed by atoms with Crippen LogP contribution in [0.15, 0.2) is 18.2 Å². The van der Waals surface area contributed by atoms with E-state index in [1.807, 2.05) is 38.5 Å². The van der Waals surface area contributed by atoms with Gasteiger partial charge in [0.2, 0.25) is 0 Å². The van der Waals surface area contributed by atoms with Crippen molar-refractivity contribution in [2.45, 2.75) is 40.0 Å². The zero-order valence-corrected chi connectivity index (χ0v) is 12.9. The van der Waals surface area contributed by atoms with E-state index in [2.05, 4.69) is 15.5 Å². The highest BCUT2D eigenvalue weighted by molar-refractivity contribution is 5.35. The molecule has 1 aromatic carbocycles. The van der Waals surface area contributed by atoms with Gasteiger partial charge < -0.3 is 14.6 Å². The Hall–Kier alpha value is -1.95. The van der Waals surface area contributed by atoms with Gasteiger partial charge in [-0.3, -0.25) is 0 Å². The fourth-order valence-corrected chi connectivity index (χ4v) is 1.88. The normalized spacial score (nSPS) is 11.1. The van der Waals surface area contributed by atoms with Crippen LogP contribution in [0.1, 0.15) is 31.1 Å². The topological polar surface area (TPSA) is 52.0 Å². The van der Waals surface area contributed by atoms with Gasteiger partial charge in [-0.1, -0.05) is 26.0 Å². The summed E-state index contributed by atoms with van der Waals surface area (Å²) in [4.78, 5) is 0. The summed E-state index contributed by atoms with van der Waals surface area (Å²) in [6.45, 7) is 6.69. The maximum Gasteiger partial charge on any atom is 0.170 e. The van der Waals surface area contributed by atoms with E-state index in [0.29, 0.717) is 18.4 Å². The third kappa shape index (κ3) is 3.78. The van der Waals surface area contributed by atoms with Crippen LogP contribution in [0.5, 0.6) is 5.75 Å². The van der Waals surface area contributed by atoms with E-state index in [-0.39, 0.29) is 18.2 Å². The molecule has 0 spiro atoms. The van der Waals surface area contributed by atoms with Crippen LogP contribution < -0.4 is 10.1 Å². The van der Waals surface area contributed by atoms with E-state index in [4.69, 9.17) is 4.74 Å². The highest BCUT2D eigenvalue weighted by Gasteiger charge is 2.12. The molecule has 0 aliphatic heterocycles. The number of halogens is 1. The number of hydrogen-bond acceptors (Lipinski definition) is 4. The van der Waals surface area contributed by atoms with Crippen LogP contribution in [0.4, 0.5) is 4.39 Å². The Morgan fingerprint density at radius 2 is 2.10 bits per heavy atom. The molecule has 0 saturated heterocycles. The number of benzene rings is 1. The van der Waals surface area contributed by atoms with E-state index in [1.165, 1.54) is 6.07 Å². The van der Waals surface area contributed by atoms with Gasteiger partial charge in [0, 0.05) is 25.2 Å². The Balaban J connectivity index is 2.13. The Morgan fingerprint density at radius 3 is 2.71 bits per heavy atom. The van der Waals surface area contributed by atoms with Crippen molar-refractivity contribution in [2.75, 3.05) is 0 Å². The van der Waals surface area contributed by atoms with Gasteiger partial charge in [0.15, 0.2) is 17.4 Å². The van der Waals surface area contributed by atoms with Crippen molar-refractivity contribution in [3.8, 4) is 5.75 Å². The molecule has 0 aliphatic rings. The number of aryl methyl sites for hydroxylation is 1. The molecule has 2 rings (SSSR count). The molecule has 6 heteroatoms. The van der Waals surface area contributed by atoms with Crippen LogP contribution >= 0.6 is 0 Å². The summed E-state index contributed by atoms with van der Waals surface area (Å²) >= 11 is 0. The zero-order valence-electron chi connectivity index (χ0n) is 12.9. The van der Waals surface area contributed by atoms with Gasteiger partial charge >= 0.3 is 0 Å². The van der Waals surface area contributed by atoms with Gasteiger partial charge in [0.25, 0.3) is 0 Å². The maximum absolute atomic E-state index is 14.0. The molecule has 2 aromatic rings. The molecule has 0 unspecified atom stereocenters. The molecular weight excluding hydrogens is 271 g/mol. The van der Waals surface area contributed by atoms with Gasteiger partial charge in [-0.25, -0.2) is 4.39 Å². The number of ether oxygens (including phenoxy) is 1. The quantitative estimate of drug-likeness (QED) is 0.888. The number of hydrogen-bond donors (Lipinski definition) is 1. The molecule has 21 heavy (non-hydrogen) atoms. The van der Waals surface area contributed by atoms with E-state index in [9.17, 15) is 4.39 Å². The molecule has 0 bridgehead atoms. The third-order valence-electron chi connectivity index (χ3n) is 3.28. The van der Waals surface area contributed by atoms with Crippen molar-refractivity contribution in [1.82, 2.24) is 20.1 Å². The smallest absolute Gasteiger partial charge is 0.170 e. The number of para-hydroxylation sites is 1. The van der Waals surface area contributed by atoms with Crippen LogP contribution in [0, 0.1) is 12.7 Å². The number of rotatable bonds is 6. The average Bonchev–Trinajstić information content (AvgIpc) is 2.75. The van der Waals surface area contributed by atoms with E-state index in [0.717, 1.165) is 11.4 Å². The van der Waals surface area contributed by atoms with Crippen LogP contribution in [-0.2, 0) is 20.2 Å². The first kappa shape index (κ1) is 15.4. The van der Waals surface area contributed by atoms with Crippen molar-refractivity contribution in [3.05, 3.63) is 41.2 Å². The minimum atomic E-state index is -0.364. The third-order valence-corrected chi connectivity index (χ3v) is 3.28. The first-order valence-corrected chi connectivity index (χ1v) is 6.97. The first-order chi connectivity index (χ1) is 9.99. The van der Waals surface area contributed by atoms with E-state index >= 15 is 0 Å². The van der Waals surface area contributed by atoms with Crippen molar-refractivity contribution < 1.29 is 9.13 Å². The van der Waals surface area contributed by atoms with Gasteiger partial charge in [-0.2, -0.15) is 0 Å². The molecule has 0 amide bonds. The summed E-state index contributed by atoms with van der Waals surface area (Å²) in [6, 6.07) is 5.26. The predicted octanol–water partition coefficient (Wildman–Crippen LogP) is 2.34. The van der Waals surface area contributed by atoms with Crippen molar-refractivity contribution >= 4 is 0 Å². The Bertz CT molecular complexity index is 610. The van der Waals surface area contributed by atoms with Gasteiger partial charge in [0.1, 0.15) is 12.4 Å². The summed E-state index contributed by atoms with van der Waals surface area (Å²) < 4.78 is 21.5. The maximum atomic E-state index is 14.0. The van der Waals surface area contributed by atoms with Crippen molar-refractivity contribution in [2.24, 2.45) is 7.05 Å². The second kappa shape index (κ2) is 6.67. The fraction of sp³-hybridized carbons (Fsp3) is 0.467. The minimum absolute atomic E-state index is 0.187. The highest BCUT2D eigenvalue weighted by atomic mass is 19.1. The lowest BCUT2D eigenvalue weighted by Crippen LogP contribution is -2.22. The summed E-state index contributed by atoms with van der Waals surface area (Å²) in [5, 5.41) is 11.2. The molecule has 0 radical (unpaired) electrons. The fourth-order valence-electron chi connectivity index (χ4n) is 1.88. The molecule has 114 valence electrons. The lowest BCUT2D eigenvalue weighted by molar-refractivity contribution is 0.272. The lowest BCUT2D eigenvalue weighted by Gasteiger charge is -2.14. The Kier molecular flexibility index (Phi) is 4.90. The average molecular weight is 292 g/mol. The standard InChI is InChI=1S/C15H21FN4O/c1-10(2)17-8-12-6-5-7-13(16)15(12)21-9-14-19-18-11(3)20(14)4/h5-7,10,17H,8-9H2,1-4H3. The molecule has 1 N–H and O–H groups in total. The van der Waals surface area contributed by atoms with Crippen LogP contribution in [0.25, 0.3) is 0 Å². The second-order valence-electron chi connectivity index (χ2n) is 5.27. The number of nitrogens with one attached hydrogen (secondary N) is 1. The molecule has 5 nitrogen and oxygen atoms in total. The SMILES string of the molecule is Cc1nnc(COc2c(F)cccc2CNC(C)C)n1C. The molecule has 1 aromatic heterocycles. The number of aromatic nitrogens is 3. The van der Waals surface area contributed by atoms with Crippen LogP contribution in [0.3, 0.4) is 0 Å². The van der Waals surface area contributed by atoms with Crippen LogP contribution in [0.2, 0.25) is 0 Å². The summed E-state index contributed by atoms with van der Waals surface area (Å²) in [6.07, 6.45) is 0. The zero-order chi connectivity index (χ0) is 15.4. The molecular formula is C15H21FN4O. The largest absolute Gasteiger partial charge is 0.482 e. The van der Waals surface area contributed by atoms with E-state index < -0.39 is 0 Å². The minimum Gasteiger partial charge on any atom is -0.482 e.